The Morgan fingerprint density at radius 3 is 2.15 bits per heavy atom. The van der Waals surface area contributed by atoms with E-state index in [4.69, 9.17) is 0 Å². The normalized spacial score (nSPS) is 16.9. The van der Waals surface area contributed by atoms with E-state index < -0.39 is 0 Å². The molecule has 3 aromatic carbocycles. The summed E-state index contributed by atoms with van der Waals surface area (Å²) in [6, 6.07) is 23.5. The fraction of sp³-hybridized carbons (Fsp3) is 0.167. The van der Waals surface area contributed by atoms with E-state index in [1.807, 2.05) is 42.5 Å². The molecule has 2 nitrogen and oxygen atoms in total. The number of hydrogen-bond donors (Lipinski definition) is 2. The molecule has 2 heteroatoms. The standard InChI is InChI=1S/C24H22O2/c25-21-12-10-18(11-13-21)17-6-8-20(9-7-17)23-15-14-22(26)16-24(23)19-4-2-1-3-5-19/h1-5,8,10-17,25-26H,6-7,9H2. The van der Waals surface area contributed by atoms with E-state index in [9.17, 15) is 10.2 Å². The predicted molar refractivity (Wildman–Crippen MR) is 106 cm³/mol. The van der Waals surface area contributed by atoms with Crippen LogP contribution in [0, 0.1) is 0 Å². The molecule has 0 fully saturated rings. The number of benzene rings is 3. The molecule has 1 aliphatic rings. The summed E-state index contributed by atoms with van der Waals surface area (Å²) >= 11 is 0. The van der Waals surface area contributed by atoms with Gasteiger partial charge in [0.1, 0.15) is 11.5 Å². The third-order valence-electron chi connectivity index (χ3n) is 5.21. The lowest BCUT2D eigenvalue weighted by atomic mass is 9.81. The molecule has 0 bridgehead atoms. The Morgan fingerprint density at radius 1 is 0.731 bits per heavy atom. The van der Waals surface area contributed by atoms with Gasteiger partial charge in [-0.2, -0.15) is 0 Å². The summed E-state index contributed by atoms with van der Waals surface area (Å²) in [4.78, 5) is 0. The van der Waals surface area contributed by atoms with Gasteiger partial charge in [0.2, 0.25) is 0 Å². The van der Waals surface area contributed by atoms with E-state index in [1.54, 1.807) is 18.2 Å². The summed E-state index contributed by atoms with van der Waals surface area (Å²) in [5.74, 6) is 1.11. The van der Waals surface area contributed by atoms with Crippen molar-refractivity contribution < 1.29 is 10.2 Å². The van der Waals surface area contributed by atoms with Gasteiger partial charge in [-0.05, 0) is 77.3 Å². The maximum Gasteiger partial charge on any atom is 0.116 e. The van der Waals surface area contributed by atoms with Crippen LogP contribution in [0.25, 0.3) is 16.7 Å². The number of aromatic hydroxyl groups is 2. The van der Waals surface area contributed by atoms with Crippen molar-refractivity contribution in [3.63, 3.8) is 0 Å². The van der Waals surface area contributed by atoms with E-state index in [0.29, 0.717) is 17.4 Å². The maximum atomic E-state index is 9.97. The summed E-state index contributed by atoms with van der Waals surface area (Å²) in [6.07, 6.45) is 5.43. The van der Waals surface area contributed by atoms with Gasteiger partial charge in [0.15, 0.2) is 0 Å². The molecule has 0 aliphatic heterocycles. The van der Waals surface area contributed by atoms with Crippen LogP contribution in [0.3, 0.4) is 0 Å². The lowest BCUT2D eigenvalue weighted by molar-refractivity contribution is 0.474. The van der Waals surface area contributed by atoms with E-state index in [2.05, 4.69) is 18.2 Å². The summed E-state index contributed by atoms with van der Waals surface area (Å²) in [6.45, 7) is 0. The van der Waals surface area contributed by atoms with Crippen LogP contribution < -0.4 is 0 Å². The average Bonchev–Trinajstić information content (AvgIpc) is 2.69. The van der Waals surface area contributed by atoms with Crippen molar-refractivity contribution >= 4 is 5.57 Å². The Bertz CT molecular complexity index is 924. The van der Waals surface area contributed by atoms with Crippen molar-refractivity contribution in [3.05, 3.63) is 90.0 Å². The minimum atomic E-state index is 0.297. The number of hydrogen-bond acceptors (Lipinski definition) is 2. The molecule has 1 aliphatic carbocycles. The molecule has 0 saturated heterocycles. The van der Waals surface area contributed by atoms with Crippen molar-refractivity contribution in [2.45, 2.75) is 25.2 Å². The molecule has 4 rings (SSSR count). The van der Waals surface area contributed by atoms with Gasteiger partial charge in [-0.3, -0.25) is 0 Å². The topological polar surface area (TPSA) is 40.5 Å². The zero-order valence-corrected chi connectivity index (χ0v) is 14.6. The molecule has 0 spiro atoms. The molecule has 0 heterocycles. The van der Waals surface area contributed by atoms with Crippen molar-refractivity contribution in [2.75, 3.05) is 0 Å². The molecule has 1 atom stereocenters. The molecule has 26 heavy (non-hydrogen) atoms. The summed E-state index contributed by atoms with van der Waals surface area (Å²) in [5.41, 5.74) is 6.05. The van der Waals surface area contributed by atoms with Gasteiger partial charge >= 0.3 is 0 Å². The van der Waals surface area contributed by atoms with E-state index in [-0.39, 0.29) is 0 Å². The Labute approximate surface area is 154 Å². The van der Waals surface area contributed by atoms with Crippen LogP contribution in [-0.2, 0) is 0 Å². The van der Waals surface area contributed by atoms with Gasteiger partial charge < -0.3 is 10.2 Å². The number of rotatable bonds is 3. The highest BCUT2D eigenvalue weighted by molar-refractivity contribution is 5.82. The van der Waals surface area contributed by atoms with Crippen LogP contribution in [0.15, 0.2) is 78.9 Å². The first kappa shape index (κ1) is 16.5. The van der Waals surface area contributed by atoms with Crippen LogP contribution in [0.4, 0.5) is 0 Å². The molecule has 3 aromatic rings. The van der Waals surface area contributed by atoms with Crippen molar-refractivity contribution in [3.8, 4) is 22.6 Å². The quantitative estimate of drug-likeness (QED) is 0.602. The average molecular weight is 342 g/mol. The molecule has 2 N–H and O–H groups in total. The first-order valence-electron chi connectivity index (χ1n) is 9.07. The first-order valence-corrected chi connectivity index (χ1v) is 9.07. The van der Waals surface area contributed by atoms with Gasteiger partial charge in [0, 0.05) is 0 Å². The van der Waals surface area contributed by atoms with Gasteiger partial charge in [0.25, 0.3) is 0 Å². The molecule has 0 aromatic heterocycles. The SMILES string of the molecule is Oc1ccc(C2CC=C(c3ccc(O)cc3-c3ccccc3)CC2)cc1. The molecular weight excluding hydrogens is 320 g/mol. The fourth-order valence-corrected chi connectivity index (χ4v) is 3.80. The lowest BCUT2D eigenvalue weighted by Gasteiger charge is -2.24. The van der Waals surface area contributed by atoms with Gasteiger partial charge in [0.05, 0.1) is 0 Å². The summed E-state index contributed by atoms with van der Waals surface area (Å²) in [7, 11) is 0. The van der Waals surface area contributed by atoms with E-state index >= 15 is 0 Å². The Morgan fingerprint density at radius 2 is 1.46 bits per heavy atom. The van der Waals surface area contributed by atoms with E-state index in [0.717, 1.165) is 30.4 Å². The first-order chi connectivity index (χ1) is 12.7. The minimum absolute atomic E-state index is 0.297. The largest absolute Gasteiger partial charge is 0.508 e. The third kappa shape index (κ3) is 3.36. The summed E-state index contributed by atoms with van der Waals surface area (Å²) < 4.78 is 0. The Hall–Kier alpha value is -3.00. The number of phenols is 2. The second kappa shape index (κ2) is 7.09. The monoisotopic (exact) mass is 342 g/mol. The van der Waals surface area contributed by atoms with Crippen LogP contribution in [0.5, 0.6) is 11.5 Å². The van der Waals surface area contributed by atoms with Gasteiger partial charge in [-0.15, -0.1) is 0 Å². The van der Waals surface area contributed by atoms with Crippen molar-refractivity contribution in [2.24, 2.45) is 0 Å². The lowest BCUT2D eigenvalue weighted by Crippen LogP contribution is -2.04. The van der Waals surface area contributed by atoms with Crippen LogP contribution in [0.2, 0.25) is 0 Å². The minimum Gasteiger partial charge on any atom is -0.508 e. The van der Waals surface area contributed by atoms with Crippen LogP contribution in [-0.4, -0.2) is 10.2 Å². The van der Waals surface area contributed by atoms with Crippen LogP contribution >= 0.6 is 0 Å². The fourth-order valence-electron chi connectivity index (χ4n) is 3.80. The second-order valence-electron chi connectivity index (χ2n) is 6.89. The van der Waals surface area contributed by atoms with Crippen molar-refractivity contribution in [1.82, 2.24) is 0 Å². The summed E-state index contributed by atoms with van der Waals surface area (Å²) in [5, 5.41) is 19.4. The zero-order chi connectivity index (χ0) is 17.9. The number of phenolic OH excluding ortho intramolecular Hbond substituents is 2. The molecule has 1 unspecified atom stereocenters. The molecule has 0 saturated carbocycles. The van der Waals surface area contributed by atoms with Gasteiger partial charge in [-0.1, -0.05) is 54.6 Å². The Balaban J connectivity index is 1.64. The highest BCUT2D eigenvalue weighted by Crippen LogP contribution is 2.40. The maximum absolute atomic E-state index is 9.97. The number of allylic oxidation sites excluding steroid dienone is 2. The highest BCUT2D eigenvalue weighted by atomic mass is 16.3. The van der Waals surface area contributed by atoms with Crippen LogP contribution in [0.1, 0.15) is 36.3 Å². The molecular formula is C24H22O2. The van der Waals surface area contributed by atoms with E-state index in [1.165, 1.54) is 16.7 Å². The third-order valence-corrected chi connectivity index (χ3v) is 5.21. The predicted octanol–water partition coefficient (Wildman–Crippen LogP) is 6.12. The Kier molecular flexibility index (Phi) is 4.49. The molecule has 0 radical (unpaired) electrons. The van der Waals surface area contributed by atoms with Gasteiger partial charge in [-0.25, -0.2) is 0 Å². The second-order valence-corrected chi connectivity index (χ2v) is 6.89. The highest BCUT2D eigenvalue weighted by Gasteiger charge is 2.19. The molecule has 0 amide bonds. The molecule has 130 valence electrons. The zero-order valence-electron chi connectivity index (χ0n) is 14.6. The van der Waals surface area contributed by atoms with Crippen molar-refractivity contribution in [1.29, 1.82) is 0 Å². The smallest absolute Gasteiger partial charge is 0.116 e.